The molecule has 1 aliphatic rings. The number of nitrogens with zero attached hydrogens (tertiary/aromatic N) is 1. The molecule has 2 heterocycles. The lowest BCUT2D eigenvalue weighted by Gasteiger charge is -2.27. The molecule has 0 aliphatic carbocycles. The summed E-state index contributed by atoms with van der Waals surface area (Å²) in [5.41, 5.74) is 4.65. The van der Waals surface area contributed by atoms with Gasteiger partial charge in [-0.15, -0.1) is 0 Å². The summed E-state index contributed by atoms with van der Waals surface area (Å²) >= 11 is 6.08. The summed E-state index contributed by atoms with van der Waals surface area (Å²) in [6, 6.07) is 10.4. The lowest BCUT2D eigenvalue weighted by atomic mass is 9.82. The third-order valence-electron chi connectivity index (χ3n) is 4.76. The van der Waals surface area contributed by atoms with E-state index < -0.39 is 22.4 Å². The minimum Gasteiger partial charge on any atom is -0.465 e. The average Bonchev–Trinajstić information content (AvgIpc) is 2.72. The van der Waals surface area contributed by atoms with Crippen LogP contribution in [0.4, 0.5) is 5.69 Å². The van der Waals surface area contributed by atoms with Gasteiger partial charge in [-0.25, -0.2) is 9.59 Å². The highest BCUT2D eigenvalue weighted by Gasteiger charge is 2.42. The van der Waals surface area contributed by atoms with E-state index in [0.717, 1.165) is 7.11 Å². The number of ether oxygens (including phenoxy) is 2. The molecule has 1 aliphatic heterocycles. The molecule has 0 fully saturated rings. The van der Waals surface area contributed by atoms with Crippen molar-refractivity contribution in [2.24, 2.45) is 5.73 Å². The van der Waals surface area contributed by atoms with Gasteiger partial charge in [-0.1, -0.05) is 23.7 Å². The fourth-order valence-electron chi connectivity index (χ4n) is 3.51. The monoisotopic (exact) mass is 428 g/mol. The minimum atomic E-state index is -1.29. The van der Waals surface area contributed by atoms with Crippen LogP contribution in [0.2, 0.25) is 5.02 Å². The molecule has 2 aromatic carbocycles. The molecule has 1 atom stereocenters. The van der Waals surface area contributed by atoms with Gasteiger partial charge in [-0.3, -0.25) is 10.1 Å². The number of esters is 1. The van der Waals surface area contributed by atoms with Crippen LogP contribution in [0, 0.1) is 10.1 Å². The molecule has 1 unspecified atom stereocenters. The van der Waals surface area contributed by atoms with Crippen molar-refractivity contribution in [2.75, 3.05) is 7.11 Å². The number of fused-ring (bicyclic) bond motifs is 3. The van der Waals surface area contributed by atoms with E-state index in [1.165, 1.54) is 18.2 Å². The van der Waals surface area contributed by atoms with Crippen molar-refractivity contribution < 1.29 is 23.6 Å². The molecule has 9 nitrogen and oxygen atoms in total. The Morgan fingerprint density at radius 1 is 1.27 bits per heavy atom. The van der Waals surface area contributed by atoms with Gasteiger partial charge in [0.05, 0.1) is 28.9 Å². The van der Waals surface area contributed by atoms with Crippen molar-refractivity contribution >= 4 is 34.2 Å². The predicted molar refractivity (Wildman–Crippen MR) is 106 cm³/mol. The van der Waals surface area contributed by atoms with Crippen LogP contribution in [-0.2, 0) is 9.53 Å². The van der Waals surface area contributed by atoms with Crippen molar-refractivity contribution in [3.05, 3.63) is 90.6 Å². The second-order valence-corrected chi connectivity index (χ2v) is 6.83. The van der Waals surface area contributed by atoms with Crippen LogP contribution in [0.5, 0.6) is 5.75 Å². The summed E-state index contributed by atoms with van der Waals surface area (Å²) in [7, 11) is 1.12. The maximum atomic E-state index is 12.9. The number of hydrogen-bond acceptors (Lipinski definition) is 8. The van der Waals surface area contributed by atoms with Crippen LogP contribution in [0.3, 0.4) is 0 Å². The standard InChI is InChI=1S/C20H13ClN2O7/c1-28-19(24)16-14(11-8-9(21)6-7-12(11)23(26)27)15-17(30-18(16)22)10-4-2-3-5-13(10)29-20(15)25/h2-8,14H,22H2,1H3. The van der Waals surface area contributed by atoms with Crippen LogP contribution in [0.25, 0.3) is 11.0 Å². The molecule has 4 rings (SSSR count). The zero-order chi connectivity index (χ0) is 21.6. The molecule has 30 heavy (non-hydrogen) atoms. The lowest BCUT2D eigenvalue weighted by Crippen LogP contribution is -2.31. The Morgan fingerprint density at radius 2 is 2.00 bits per heavy atom. The Morgan fingerprint density at radius 3 is 2.70 bits per heavy atom. The van der Waals surface area contributed by atoms with E-state index >= 15 is 0 Å². The molecule has 0 saturated heterocycles. The molecule has 0 saturated carbocycles. The van der Waals surface area contributed by atoms with Crippen molar-refractivity contribution in [3.8, 4) is 5.75 Å². The largest absolute Gasteiger partial charge is 0.465 e. The number of halogens is 1. The first-order valence-electron chi connectivity index (χ1n) is 8.58. The molecule has 1 aromatic heterocycles. The molecular formula is C20H13ClN2O7. The highest BCUT2D eigenvalue weighted by molar-refractivity contribution is 6.30. The molecule has 3 aromatic rings. The summed E-state index contributed by atoms with van der Waals surface area (Å²) in [4.78, 5) is 36.5. The molecule has 0 amide bonds. The number of benzene rings is 2. The van der Waals surface area contributed by atoms with E-state index in [0.29, 0.717) is 5.39 Å². The maximum Gasteiger partial charge on any atom is 0.344 e. The van der Waals surface area contributed by atoms with Gasteiger partial charge in [0.15, 0.2) is 5.75 Å². The third-order valence-corrected chi connectivity index (χ3v) is 4.99. The SMILES string of the molecule is COC(=O)C1=C(N)Oc2c(c(=O)oc3ccccc23)C1c1cc(Cl)ccc1[N+](=O)[O-]. The number of nitro groups is 1. The summed E-state index contributed by atoms with van der Waals surface area (Å²) in [5, 5.41) is 12.3. The smallest absolute Gasteiger partial charge is 0.344 e. The highest BCUT2D eigenvalue weighted by Crippen LogP contribution is 2.46. The van der Waals surface area contributed by atoms with E-state index in [1.54, 1.807) is 24.3 Å². The number of carbonyl (C=O) groups is 1. The molecule has 2 N–H and O–H groups in total. The molecular weight excluding hydrogens is 416 g/mol. The lowest BCUT2D eigenvalue weighted by molar-refractivity contribution is -0.385. The number of nitrogens with two attached hydrogens (primary N) is 1. The van der Waals surface area contributed by atoms with Gasteiger partial charge in [0.25, 0.3) is 5.69 Å². The zero-order valence-corrected chi connectivity index (χ0v) is 16.1. The van der Waals surface area contributed by atoms with Crippen LogP contribution in [0.15, 0.2) is 63.1 Å². The quantitative estimate of drug-likeness (QED) is 0.291. The van der Waals surface area contributed by atoms with Gasteiger partial charge < -0.3 is 19.6 Å². The predicted octanol–water partition coefficient (Wildman–Crippen LogP) is 3.22. The first kappa shape index (κ1) is 19.5. The molecule has 0 spiro atoms. The molecule has 0 bridgehead atoms. The first-order chi connectivity index (χ1) is 14.3. The summed E-state index contributed by atoms with van der Waals surface area (Å²) in [6.45, 7) is 0. The summed E-state index contributed by atoms with van der Waals surface area (Å²) in [6.07, 6.45) is 0. The summed E-state index contributed by atoms with van der Waals surface area (Å²) in [5.74, 6) is -2.50. The van der Waals surface area contributed by atoms with Crippen molar-refractivity contribution in [2.45, 2.75) is 5.92 Å². The second-order valence-electron chi connectivity index (χ2n) is 6.39. The van der Waals surface area contributed by atoms with Crippen molar-refractivity contribution in [1.82, 2.24) is 0 Å². The van der Waals surface area contributed by atoms with Crippen LogP contribution < -0.4 is 16.1 Å². The topological polar surface area (TPSA) is 135 Å². The zero-order valence-electron chi connectivity index (χ0n) is 15.4. The van der Waals surface area contributed by atoms with E-state index in [4.69, 9.17) is 31.2 Å². The fourth-order valence-corrected chi connectivity index (χ4v) is 3.69. The number of methoxy groups -OCH3 is 1. The molecule has 10 heteroatoms. The van der Waals surface area contributed by atoms with E-state index in [2.05, 4.69) is 0 Å². The van der Waals surface area contributed by atoms with Crippen LogP contribution in [0.1, 0.15) is 17.0 Å². The Bertz CT molecular complexity index is 1310. The molecule has 0 radical (unpaired) electrons. The van der Waals surface area contributed by atoms with Crippen molar-refractivity contribution in [1.29, 1.82) is 0 Å². The Hall–Kier alpha value is -3.85. The molecule has 152 valence electrons. The van der Waals surface area contributed by atoms with E-state index in [-0.39, 0.29) is 44.6 Å². The van der Waals surface area contributed by atoms with Gasteiger partial charge in [-0.05, 0) is 24.3 Å². The number of hydrogen-bond donors (Lipinski definition) is 1. The maximum absolute atomic E-state index is 12.9. The number of para-hydroxylation sites is 1. The number of carbonyl (C=O) groups excluding carboxylic acids is 1. The fraction of sp³-hybridized carbons (Fsp3) is 0.100. The van der Waals surface area contributed by atoms with Gasteiger partial charge in [0.2, 0.25) is 5.88 Å². The normalized spacial score (nSPS) is 15.5. The second kappa shape index (κ2) is 7.20. The Labute approximate surface area is 173 Å². The minimum absolute atomic E-state index is 0.0250. The third kappa shape index (κ3) is 2.96. The van der Waals surface area contributed by atoms with Gasteiger partial charge in [0.1, 0.15) is 11.2 Å². The Kier molecular flexibility index (Phi) is 4.67. The van der Waals surface area contributed by atoms with E-state index in [9.17, 15) is 19.7 Å². The first-order valence-corrected chi connectivity index (χ1v) is 8.96. The van der Waals surface area contributed by atoms with Crippen LogP contribution >= 0.6 is 11.6 Å². The number of nitro benzene ring substituents is 1. The number of rotatable bonds is 3. The van der Waals surface area contributed by atoms with E-state index in [1.807, 2.05) is 0 Å². The Balaban J connectivity index is 2.14. The van der Waals surface area contributed by atoms with Crippen LogP contribution in [-0.4, -0.2) is 18.0 Å². The van der Waals surface area contributed by atoms with Gasteiger partial charge in [0, 0.05) is 16.7 Å². The average molecular weight is 429 g/mol. The van der Waals surface area contributed by atoms with Gasteiger partial charge >= 0.3 is 11.6 Å². The van der Waals surface area contributed by atoms with Crippen molar-refractivity contribution in [3.63, 3.8) is 0 Å². The highest BCUT2D eigenvalue weighted by atomic mass is 35.5. The summed E-state index contributed by atoms with van der Waals surface area (Å²) < 4.78 is 15.8. The van der Waals surface area contributed by atoms with Gasteiger partial charge in [-0.2, -0.15) is 0 Å².